The van der Waals surface area contributed by atoms with Gasteiger partial charge in [0.2, 0.25) is 0 Å². The van der Waals surface area contributed by atoms with Gasteiger partial charge in [-0.15, -0.1) is 0 Å². The molecule has 0 spiro atoms. The maximum absolute atomic E-state index is 12.3. The van der Waals surface area contributed by atoms with E-state index in [4.69, 9.17) is 18.9 Å². The SMILES string of the molecule is CC/C=C\C/C=C\C/C=C\C/C=C\CCCCCCC(=O)OC(COC(C)=O)COC1OC(CO)C(O)C(O)C1O. The van der Waals surface area contributed by atoms with Crippen LogP contribution in [0.1, 0.15) is 78.1 Å². The van der Waals surface area contributed by atoms with Crippen LogP contribution in [0, 0.1) is 0 Å². The molecular formula is C31H50O10. The molecule has 6 unspecified atom stereocenters. The van der Waals surface area contributed by atoms with Crippen molar-refractivity contribution in [3.63, 3.8) is 0 Å². The average molecular weight is 583 g/mol. The zero-order valence-corrected chi connectivity index (χ0v) is 24.5. The third-order valence-corrected chi connectivity index (χ3v) is 6.29. The molecule has 0 saturated carbocycles. The molecule has 234 valence electrons. The summed E-state index contributed by atoms with van der Waals surface area (Å²) in [6.07, 6.45) is 17.9. The van der Waals surface area contributed by atoms with Gasteiger partial charge in [0, 0.05) is 13.3 Å². The summed E-state index contributed by atoms with van der Waals surface area (Å²) in [4.78, 5) is 23.6. The van der Waals surface area contributed by atoms with E-state index in [-0.39, 0.29) is 19.6 Å². The molecule has 10 heteroatoms. The van der Waals surface area contributed by atoms with Crippen molar-refractivity contribution < 1.29 is 49.0 Å². The largest absolute Gasteiger partial charge is 0.462 e. The molecule has 6 atom stereocenters. The summed E-state index contributed by atoms with van der Waals surface area (Å²) in [6, 6.07) is 0. The lowest BCUT2D eigenvalue weighted by Crippen LogP contribution is -2.59. The van der Waals surface area contributed by atoms with Gasteiger partial charge in [0.1, 0.15) is 31.0 Å². The van der Waals surface area contributed by atoms with Crippen molar-refractivity contribution in [3.05, 3.63) is 48.6 Å². The second-order valence-electron chi connectivity index (χ2n) is 9.90. The maximum Gasteiger partial charge on any atom is 0.306 e. The Morgan fingerprint density at radius 3 is 2.02 bits per heavy atom. The average Bonchev–Trinajstić information content (AvgIpc) is 2.95. The van der Waals surface area contributed by atoms with Gasteiger partial charge in [-0.1, -0.05) is 68.4 Å². The van der Waals surface area contributed by atoms with Gasteiger partial charge in [0.05, 0.1) is 13.2 Å². The Kier molecular flexibility index (Phi) is 20.8. The van der Waals surface area contributed by atoms with Gasteiger partial charge in [0.15, 0.2) is 12.4 Å². The molecule has 0 bridgehead atoms. The first kappa shape index (κ1) is 36.7. The predicted octanol–water partition coefficient (Wildman–Crippen LogP) is 3.42. The summed E-state index contributed by atoms with van der Waals surface area (Å²) in [7, 11) is 0. The topological polar surface area (TPSA) is 152 Å². The van der Waals surface area contributed by atoms with Crippen LogP contribution in [0.3, 0.4) is 0 Å². The first-order valence-corrected chi connectivity index (χ1v) is 14.6. The number of aliphatic hydroxyl groups is 4. The van der Waals surface area contributed by atoms with Gasteiger partial charge in [-0.25, -0.2) is 0 Å². The van der Waals surface area contributed by atoms with E-state index in [0.717, 1.165) is 51.4 Å². The van der Waals surface area contributed by atoms with Gasteiger partial charge in [-0.3, -0.25) is 9.59 Å². The molecule has 1 aliphatic heterocycles. The minimum atomic E-state index is -1.59. The Hall–Kier alpha value is -2.34. The second-order valence-corrected chi connectivity index (χ2v) is 9.90. The van der Waals surface area contributed by atoms with Gasteiger partial charge < -0.3 is 39.4 Å². The molecule has 1 rings (SSSR count). The van der Waals surface area contributed by atoms with Crippen molar-refractivity contribution in [2.45, 2.75) is 115 Å². The number of hydrogen-bond acceptors (Lipinski definition) is 10. The molecule has 41 heavy (non-hydrogen) atoms. The number of carbonyl (C=O) groups excluding carboxylic acids is 2. The smallest absolute Gasteiger partial charge is 0.306 e. The van der Waals surface area contributed by atoms with Gasteiger partial charge >= 0.3 is 11.9 Å². The number of esters is 2. The Morgan fingerprint density at radius 2 is 1.41 bits per heavy atom. The van der Waals surface area contributed by atoms with E-state index >= 15 is 0 Å². The first-order chi connectivity index (χ1) is 19.8. The van der Waals surface area contributed by atoms with Crippen LogP contribution in [0.5, 0.6) is 0 Å². The van der Waals surface area contributed by atoms with E-state index in [1.54, 1.807) is 0 Å². The number of rotatable bonds is 21. The van der Waals surface area contributed by atoms with Crippen LogP contribution in [0.15, 0.2) is 48.6 Å². The molecule has 1 saturated heterocycles. The highest BCUT2D eigenvalue weighted by atomic mass is 16.7. The van der Waals surface area contributed by atoms with Gasteiger partial charge in [-0.2, -0.15) is 0 Å². The van der Waals surface area contributed by atoms with Crippen LogP contribution in [0.2, 0.25) is 0 Å². The second kappa shape index (κ2) is 23.2. The van der Waals surface area contributed by atoms with Crippen molar-refractivity contribution in [1.82, 2.24) is 0 Å². The summed E-state index contributed by atoms with van der Waals surface area (Å²) in [5, 5.41) is 39.2. The van der Waals surface area contributed by atoms with E-state index in [9.17, 15) is 30.0 Å². The summed E-state index contributed by atoms with van der Waals surface area (Å²) >= 11 is 0. The first-order valence-electron chi connectivity index (χ1n) is 14.6. The minimum absolute atomic E-state index is 0.195. The molecule has 10 nitrogen and oxygen atoms in total. The van der Waals surface area contributed by atoms with Crippen molar-refractivity contribution in [2.75, 3.05) is 19.8 Å². The molecule has 0 amide bonds. The Morgan fingerprint density at radius 1 is 0.805 bits per heavy atom. The van der Waals surface area contributed by atoms with Crippen molar-refractivity contribution in [3.8, 4) is 0 Å². The third kappa shape index (κ3) is 17.3. The number of unbranched alkanes of at least 4 members (excludes halogenated alkanes) is 4. The van der Waals surface area contributed by atoms with Crippen LogP contribution in [0.4, 0.5) is 0 Å². The minimum Gasteiger partial charge on any atom is -0.462 e. The summed E-state index contributed by atoms with van der Waals surface area (Å²) in [5.74, 6) is -1.04. The Balaban J connectivity index is 2.25. The molecule has 1 fully saturated rings. The number of carbonyl (C=O) groups is 2. The van der Waals surface area contributed by atoms with Crippen molar-refractivity contribution >= 4 is 11.9 Å². The third-order valence-electron chi connectivity index (χ3n) is 6.29. The van der Waals surface area contributed by atoms with Crippen LogP contribution in [0.25, 0.3) is 0 Å². The Labute approximate surface area is 244 Å². The Bertz CT molecular complexity index is 820. The molecule has 0 aliphatic carbocycles. The van der Waals surface area contributed by atoms with Gasteiger partial charge in [0.25, 0.3) is 0 Å². The molecular weight excluding hydrogens is 532 g/mol. The van der Waals surface area contributed by atoms with Crippen LogP contribution in [-0.2, 0) is 28.5 Å². The van der Waals surface area contributed by atoms with Crippen molar-refractivity contribution in [2.24, 2.45) is 0 Å². The highest BCUT2D eigenvalue weighted by Gasteiger charge is 2.44. The monoisotopic (exact) mass is 582 g/mol. The molecule has 1 heterocycles. The van der Waals surface area contributed by atoms with Crippen molar-refractivity contribution in [1.29, 1.82) is 0 Å². The molecule has 4 N–H and O–H groups in total. The summed E-state index contributed by atoms with van der Waals surface area (Å²) in [5.41, 5.74) is 0. The standard InChI is InChI=1S/C31H50O10/c1-3-4-5-6-7-8-9-10-11-12-13-14-15-16-17-18-19-20-27(34)40-25(22-38-24(2)33)23-39-31-30(37)29(36)28(35)26(21-32)41-31/h4-5,7-8,10-11,13-14,25-26,28-32,35-37H,3,6,9,12,15-23H2,1-2H3/b5-4-,8-7-,11-10-,14-13-. The quantitative estimate of drug-likeness (QED) is 0.0900. The van der Waals surface area contributed by atoms with E-state index in [2.05, 4.69) is 55.5 Å². The van der Waals surface area contributed by atoms with Crippen LogP contribution in [-0.4, -0.2) is 89.0 Å². The molecule has 0 aromatic rings. The fourth-order valence-electron chi connectivity index (χ4n) is 3.96. The highest BCUT2D eigenvalue weighted by Crippen LogP contribution is 2.22. The number of hydrogen-bond donors (Lipinski definition) is 4. The predicted molar refractivity (Wildman–Crippen MR) is 155 cm³/mol. The van der Waals surface area contributed by atoms with E-state index in [1.807, 2.05) is 0 Å². The lowest BCUT2D eigenvalue weighted by atomic mass is 9.99. The summed E-state index contributed by atoms with van der Waals surface area (Å²) < 4.78 is 21.1. The van der Waals surface area contributed by atoms with Crippen LogP contribution >= 0.6 is 0 Å². The normalized spacial score (nSPS) is 24.1. The van der Waals surface area contributed by atoms with E-state index in [0.29, 0.717) is 6.42 Å². The zero-order chi connectivity index (χ0) is 30.3. The van der Waals surface area contributed by atoms with E-state index < -0.39 is 55.4 Å². The van der Waals surface area contributed by atoms with Gasteiger partial charge in [-0.05, 0) is 44.9 Å². The summed E-state index contributed by atoms with van der Waals surface area (Å²) in [6.45, 7) is 2.20. The fourth-order valence-corrected chi connectivity index (χ4v) is 3.96. The molecule has 0 aromatic heterocycles. The lowest BCUT2D eigenvalue weighted by Gasteiger charge is -2.39. The van der Waals surface area contributed by atoms with E-state index in [1.165, 1.54) is 6.92 Å². The van der Waals surface area contributed by atoms with Crippen LogP contribution < -0.4 is 0 Å². The molecule has 1 aliphatic rings. The molecule has 0 aromatic carbocycles. The highest BCUT2D eigenvalue weighted by molar-refractivity contribution is 5.69. The number of allylic oxidation sites excluding steroid dienone is 8. The lowest BCUT2D eigenvalue weighted by molar-refractivity contribution is -0.305. The zero-order valence-electron chi connectivity index (χ0n) is 24.5. The maximum atomic E-state index is 12.3. The number of ether oxygens (including phenoxy) is 4. The molecule has 0 radical (unpaired) electrons. The number of aliphatic hydroxyl groups excluding tert-OH is 4. The fraction of sp³-hybridized carbons (Fsp3) is 0.677.